The minimum Gasteiger partial charge on any atom is -0.318 e. The van der Waals surface area contributed by atoms with Gasteiger partial charge in [-0.05, 0) is 56.5 Å². The Labute approximate surface area is 186 Å². The number of hydrogen-bond acceptors (Lipinski definition) is 5. The maximum atomic E-state index is 12.7. The van der Waals surface area contributed by atoms with Crippen molar-refractivity contribution < 1.29 is 4.79 Å². The standard InChI is InChI=1S/C24H25N5OS/c1-16-13-19(17(2)29(16)21-11-7-4-8-12-21)14-20(15-25)22(30)26-24-28-27-23(31-24)18-9-5-3-6-10-18/h4,7-8,11-14,18H,3,5-6,9-10H2,1-2H3,(H,26,28,30)/b20-14-. The first-order valence-corrected chi connectivity index (χ1v) is 11.4. The SMILES string of the molecule is Cc1cc(/C=C(/C#N)C(=O)Nc2nnc(C3CCCCC3)s2)c(C)n1-c1ccccc1. The first-order chi connectivity index (χ1) is 15.1. The Hall–Kier alpha value is -3.24. The molecular formula is C24H25N5OS. The topological polar surface area (TPSA) is 83.6 Å². The molecule has 0 saturated heterocycles. The molecule has 4 rings (SSSR count). The van der Waals surface area contributed by atoms with Crippen LogP contribution in [0.15, 0.2) is 42.0 Å². The van der Waals surface area contributed by atoms with E-state index >= 15 is 0 Å². The van der Waals surface area contributed by atoms with E-state index in [-0.39, 0.29) is 5.57 Å². The van der Waals surface area contributed by atoms with Crippen LogP contribution in [0.1, 0.15) is 60.0 Å². The molecule has 3 aromatic rings. The maximum absolute atomic E-state index is 12.7. The van der Waals surface area contributed by atoms with Gasteiger partial charge in [-0.2, -0.15) is 5.26 Å². The number of aromatic nitrogens is 3. The Morgan fingerprint density at radius 3 is 2.65 bits per heavy atom. The first-order valence-electron chi connectivity index (χ1n) is 10.6. The van der Waals surface area contributed by atoms with E-state index in [9.17, 15) is 10.1 Å². The van der Waals surface area contributed by atoms with Crippen molar-refractivity contribution in [2.24, 2.45) is 0 Å². The summed E-state index contributed by atoms with van der Waals surface area (Å²) >= 11 is 1.41. The van der Waals surface area contributed by atoms with E-state index in [1.54, 1.807) is 6.08 Å². The van der Waals surface area contributed by atoms with Gasteiger partial charge in [-0.1, -0.05) is 48.8 Å². The highest BCUT2D eigenvalue weighted by molar-refractivity contribution is 7.15. The highest BCUT2D eigenvalue weighted by Crippen LogP contribution is 2.35. The van der Waals surface area contributed by atoms with Crippen molar-refractivity contribution >= 4 is 28.5 Å². The number of nitriles is 1. The molecule has 1 amide bonds. The zero-order valence-corrected chi connectivity index (χ0v) is 18.6. The number of nitrogens with zero attached hydrogens (tertiary/aromatic N) is 4. The third-order valence-corrected chi connectivity index (χ3v) is 6.77. The molecule has 0 radical (unpaired) electrons. The molecule has 2 aromatic heterocycles. The highest BCUT2D eigenvalue weighted by atomic mass is 32.1. The van der Waals surface area contributed by atoms with Gasteiger partial charge in [-0.25, -0.2) is 0 Å². The second-order valence-electron chi connectivity index (χ2n) is 7.90. The summed E-state index contributed by atoms with van der Waals surface area (Å²) in [5.74, 6) is -0.0235. The van der Waals surface area contributed by atoms with Crippen LogP contribution in [0.2, 0.25) is 0 Å². The largest absolute Gasteiger partial charge is 0.318 e. The number of para-hydroxylation sites is 1. The number of aryl methyl sites for hydroxylation is 1. The molecule has 7 heteroatoms. The van der Waals surface area contributed by atoms with Gasteiger partial charge < -0.3 is 4.57 Å². The zero-order chi connectivity index (χ0) is 21.8. The molecule has 1 aliphatic rings. The van der Waals surface area contributed by atoms with Crippen LogP contribution in [0.3, 0.4) is 0 Å². The Balaban J connectivity index is 1.53. The van der Waals surface area contributed by atoms with Crippen molar-refractivity contribution in [2.75, 3.05) is 5.32 Å². The number of anilines is 1. The van der Waals surface area contributed by atoms with Crippen LogP contribution in [0.25, 0.3) is 11.8 Å². The Morgan fingerprint density at radius 1 is 1.19 bits per heavy atom. The summed E-state index contributed by atoms with van der Waals surface area (Å²) < 4.78 is 2.11. The molecule has 0 spiro atoms. The lowest BCUT2D eigenvalue weighted by Crippen LogP contribution is -2.13. The van der Waals surface area contributed by atoms with Crippen LogP contribution in [0.4, 0.5) is 5.13 Å². The molecule has 0 bridgehead atoms. The van der Waals surface area contributed by atoms with Crippen molar-refractivity contribution in [3.05, 3.63) is 63.9 Å². The van der Waals surface area contributed by atoms with Gasteiger partial charge >= 0.3 is 0 Å². The molecule has 6 nitrogen and oxygen atoms in total. The van der Waals surface area contributed by atoms with Crippen LogP contribution in [-0.4, -0.2) is 20.7 Å². The van der Waals surface area contributed by atoms with E-state index in [2.05, 4.69) is 20.1 Å². The third-order valence-electron chi connectivity index (χ3n) is 5.77. The van der Waals surface area contributed by atoms with E-state index in [1.807, 2.05) is 56.3 Å². The van der Waals surface area contributed by atoms with Gasteiger partial charge in [0, 0.05) is 23.0 Å². The fraction of sp³-hybridized carbons (Fsp3) is 0.333. The van der Waals surface area contributed by atoms with Gasteiger partial charge in [-0.3, -0.25) is 10.1 Å². The number of nitrogens with one attached hydrogen (secondary N) is 1. The van der Waals surface area contributed by atoms with Crippen molar-refractivity contribution in [1.29, 1.82) is 5.26 Å². The van der Waals surface area contributed by atoms with Gasteiger partial charge in [0.25, 0.3) is 5.91 Å². The average Bonchev–Trinajstić information content (AvgIpc) is 3.37. The summed E-state index contributed by atoms with van der Waals surface area (Å²) in [5.41, 5.74) is 3.94. The quantitative estimate of drug-likeness (QED) is 0.425. The zero-order valence-electron chi connectivity index (χ0n) is 17.8. The van der Waals surface area contributed by atoms with Gasteiger partial charge in [0.15, 0.2) is 0 Å². The molecule has 31 heavy (non-hydrogen) atoms. The van der Waals surface area contributed by atoms with Crippen molar-refractivity contribution in [3.63, 3.8) is 0 Å². The molecule has 2 heterocycles. The van der Waals surface area contributed by atoms with Gasteiger partial charge in [0.2, 0.25) is 5.13 Å². The van der Waals surface area contributed by atoms with Gasteiger partial charge in [0.05, 0.1) is 0 Å². The average molecular weight is 432 g/mol. The van der Waals surface area contributed by atoms with Crippen LogP contribution in [0.5, 0.6) is 0 Å². The Morgan fingerprint density at radius 2 is 1.94 bits per heavy atom. The summed E-state index contributed by atoms with van der Waals surface area (Å²) in [6.07, 6.45) is 7.61. The van der Waals surface area contributed by atoms with Crippen LogP contribution in [0, 0.1) is 25.2 Å². The lowest BCUT2D eigenvalue weighted by atomic mass is 9.90. The predicted molar refractivity (Wildman–Crippen MR) is 123 cm³/mol. The molecule has 0 unspecified atom stereocenters. The second kappa shape index (κ2) is 9.27. The molecule has 0 aliphatic heterocycles. The highest BCUT2D eigenvalue weighted by Gasteiger charge is 2.21. The van der Waals surface area contributed by atoms with Crippen LogP contribution >= 0.6 is 11.3 Å². The molecule has 1 saturated carbocycles. The maximum Gasteiger partial charge on any atom is 0.268 e. The first kappa shape index (κ1) is 21.0. The van der Waals surface area contributed by atoms with Gasteiger partial charge in [-0.15, -0.1) is 10.2 Å². The lowest BCUT2D eigenvalue weighted by Gasteiger charge is -2.18. The van der Waals surface area contributed by atoms with Crippen molar-refractivity contribution in [3.8, 4) is 11.8 Å². The molecule has 0 atom stereocenters. The number of carbonyl (C=O) groups excluding carboxylic acids is 1. The number of carbonyl (C=O) groups is 1. The van der Waals surface area contributed by atoms with E-state index < -0.39 is 5.91 Å². The third kappa shape index (κ3) is 4.59. The molecule has 1 fully saturated rings. The summed E-state index contributed by atoms with van der Waals surface area (Å²) in [4.78, 5) is 12.7. The summed E-state index contributed by atoms with van der Waals surface area (Å²) in [6, 6.07) is 14.0. The summed E-state index contributed by atoms with van der Waals surface area (Å²) in [7, 11) is 0. The number of amides is 1. The molecule has 1 N–H and O–H groups in total. The monoisotopic (exact) mass is 431 g/mol. The molecule has 158 valence electrons. The molecular weight excluding hydrogens is 406 g/mol. The van der Waals surface area contributed by atoms with E-state index in [0.29, 0.717) is 11.0 Å². The number of hydrogen-bond donors (Lipinski definition) is 1. The lowest BCUT2D eigenvalue weighted by molar-refractivity contribution is -0.112. The minimum atomic E-state index is -0.460. The Kier molecular flexibility index (Phi) is 6.28. The second-order valence-corrected chi connectivity index (χ2v) is 8.91. The molecule has 1 aromatic carbocycles. The van der Waals surface area contributed by atoms with Crippen molar-refractivity contribution in [2.45, 2.75) is 51.9 Å². The predicted octanol–water partition coefficient (Wildman–Crippen LogP) is 5.54. The fourth-order valence-corrected chi connectivity index (χ4v) is 5.08. The van der Waals surface area contributed by atoms with Gasteiger partial charge in [0.1, 0.15) is 16.6 Å². The summed E-state index contributed by atoms with van der Waals surface area (Å²) in [6.45, 7) is 4.00. The fourth-order valence-electron chi connectivity index (χ4n) is 4.18. The Bertz CT molecular complexity index is 1150. The van der Waals surface area contributed by atoms with E-state index in [0.717, 1.165) is 40.5 Å². The van der Waals surface area contributed by atoms with E-state index in [4.69, 9.17) is 0 Å². The molecule has 1 aliphatic carbocycles. The number of benzene rings is 1. The van der Waals surface area contributed by atoms with Crippen LogP contribution < -0.4 is 5.32 Å². The van der Waals surface area contributed by atoms with E-state index in [1.165, 1.54) is 30.6 Å². The summed E-state index contributed by atoms with van der Waals surface area (Å²) in [5, 5.41) is 22.2. The van der Waals surface area contributed by atoms with Crippen molar-refractivity contribution in [1.82, 2.24) is 14.8 Å². The smallest absolute Gasteiger partial charge is 0.268 e. The van der Waals surface area contributed by atoms with Crippen LogP contribution in [-0.2, 0) is 4.79 Å². The minimum absolute atomic E-state index is 0.0442. The normalized spacial score (nSPS) is 14.9. The number of rotatable bonds is 5.